The molecule has 0 unspecified atom stereocenters. The third-order valence-corrected chi connectivity index (χ3v) is 5.00. The molecule has 0 saturated heterocycles. The number of hydrogen-bond donors (Lipinski definition) is 1. The van der Waals surface area contributed by atoms with Crippen LogP contribution in [0.25, 0.3) is 0 Å². The van der Waals surface area contributed by atoms with Gasteiger partial charge < -0.3 is 9.94 Å². The second kappa shape index (κ2) is 6.87. The molecule has 1 aromatic carbocycles. The Bertz CT molecular complexity index is 1040. The van der Waals surface area contributed by atoms with Gasteiger partial charge in [-0.2, -0.15) is 5.10 Å². The number of aromatic nitrogens is 3. The predicted molar refractivity (Wildman–Crippen MR) is 103 cm³/mol. The van der Waals surface area contributed by atoms with Crippen molar-refractivity contribution in [1.29, 1.82) is 0 Å². The van der Waals surface area contributed by atoms with Crippen molar-refractivity contribution in [3.05, 3.63) is 70.2 Å². The van der Waals surface area contributed by atoms with Gasteiger partial charge in [-0.25, -0.2) is 9.67 Å². The maximum atomic E-state index is 9.69. The van der Waals surface area contributed by atoms with Crippen LogP contribution in [0.2, 0.25) is 0 Å². The van der Waals surface area contributed by atoms with E-state index < -0.39 is 0 Å². The fourth-order valence-electron chi connectivity index (χ4n) is 3.75. The van der Waals surface area contributed by atoms with Crippen LogP contribution in [-0.4, -0.2) is 25.8 Å². The summed E-state index contributed by atoms with van der Waals surface area (Å²) < 4.78 is 7.81. The molecule has 3 aromatic rings. The molecular weight excluding hydrogens is 340 g/mol. The normalized spacial score (nSPS) is 13.7. The fourth-order valence-corrected chi connectivity index (χ4v) is 3.75. The predicted octanol–water partition coefficient (Wildman–Crippen LogP) is 4.17. The molecule has 0 amide bonds. The summed E-state index contributed by atoms with van der Waals surface area (Å²) in [7, 11) is 0. The van der Waals surface area contributed by atoms with E-state index in [1.54, 1.807) is 16.9 Å². The lowest BCUT2D eigenvalue weighted by Crippen LogP contribution is -2.18. The fraction of sp³-hybridized carbons (Fsp3) is 0.286. The van der Waals surface area contributed by atoms with Crippen molar-refractivity contribution in [2.45, 2.75) is 40.0 Å². The van der Waals surface area contributed by atoms with Gasteiger partial charge in [-0.15, -0.1) is 0 Å². The molecule has 1 aliphatic carbocycles. The largest absolute Gasteiger partial charge is 0.438 e. The summed E-state index contributed by atoms with van der Waals surface area (Å²) in [5.41, 5.74) is 6.22. The first-order valence-electron chi connectivity index (χ1n) is 9.08. The third-order valence-electron chi connectivity index (χ3n) is 5.00. The van der Waals surface area contributed by atoms with E-state index >= 15 is 0 Å². The molecule has 2 aromatic heterocycles. The Labute approximate surface area is 158 Å². The third kappa shape index (κ3) is 3.07. The topological polar surface area (TPSA) is 72.5 Å². The SMILES string of the molecule is Cc1cc(C)n(/C(=N\O)c2cccnc2Oc2ccc(C)c3c2CCC3)n1. The van der Waals surface area contributed by atoms with Crippen LogP contribution in [0.15, 0.2) is 41.7 Å². The van der Waals surface area contributed by atoms with Crippen LogP contribution in [0, 0.1) is 20.8 Å². The van der Waals surface area contributed by atoms with Gasteiger partial charge in [-0.1, -0.05) is 11.2 Å². The van der Waals surface area contributed by atoms with Gasteiger partial charge in [0.1, 0.15) is 5.75 Å². The highest BCUT2D eigenvalue weighted by Gasteiger charge is 2.22. The minimum atomic E-state index is 0.285. The lowest BCUT2D eigenvalue weighted by atomic mass is 10.0. The molecule has 0 radical (unpaired) electrons. The van der Waals surface area contributed by atoms with Crippen molar-refractivity contribution in [2.75, 3.05) is 0 Å². The Morgan fingerprint density at radius 1 is 1.15 bits per heavy atom. The Hall–Kier alpha value is -3.15. The number of benzene rings is 1. The number of aryl methyl sites for hydroxylation is 3. The number of fused-ring (bicyclic) bond motifs is 1. The molecule has 4 rings (SSSR count). The van der Waals surface area contributed by atoms with Gasteiger partial charge in [0.2, 0.25) is 11.7 Å². The van der Waals surface area contributed by atoms with Crippen molar-refractivity contribution in [3.8, 4) is 11.6 Å². The highest BCUT2D eigenvalue weighted by Crippen LogP contribution is 2.36. The summed E-state index contributed by atoms with van der Waals surface area (Å²) in [4.78, 5) is 4.40. The van der Waals surface area contributed by atoms with Crippen molar-refractivity contribution < 1.29 is 9.94 Å². The van der Waals surface area contributed by atoms with Gasteiger partial charge in [0.15, 0.2) is 0 Å². The van der Waals surface area contributed by atoms with Gasteiger partial charge in [-0.3, -0.25) is 0 Å². The van der Waals surface area contributed by atoms with Crippen molar-refractivity contribution in [1.82, 2.24) is 14.8 Å². The zero-order valence-corrected chi connectivity index (χ0v) is 15.7. The van der Waals surface area contributed by atoms with Gasteiger partial charge in [0.25, 0.3) is 0 Å². The molecule has 1 N–H and O–H groups in total. The summed E-state index contributed by atoms with van der Waals surface area (Å²) in [6, 6.07) is 9.62. The van der Waals surface area contributed by atoms with Gasteiger partial charge >= 0.3 is 0 Å². The Morgan fingerprint density at radius 3 is 2.70 bits per heavy atom. The molecule has 0 aliphatic heterocycles. The highest BCUT2D eigenvalue weighted by atomic mass is 16.5. The van der Waals surface area contributed by atoms with E-state index in [0.717, 1.165) is 36.4 Å². The Balaban J connectivity index is 1.77. The molecule has 6 heteroatoms. The van der Waals surface area contributed by atoms with E-state index in [0.29, 0.717) is 11.4 Å². The molecule has 2 heterocycles. The standard InChI is InChI=1S/C21H22N4O2/c1-13-9-10-19(17-7-4-6-16(13)17)27-21-18(8-5-11-22-21)20(24-26)25-15(3)12-14(2)23-25/h5,8-12,26H,4,6-7H2,1-3H3/b24-20-. The van der Waals surface area contributed by atoms with Crippen LogP contribution >= 0.6 is 0 Å². The van der Waals surface area contributed by atoms with E-state index in [1.807, 2.05) is 32.0 Å². The average Bonchev–Trinajstić information content (AvgIpc) is 3.27. The second-order valence-corrected chi connectivity index (χ2v) is 6.91. The smallest absolute Gasteiger partial charge is 0.230 e. The van der Waals surface area contributed by atoms with Crippen molar-refractivity contribution in [3.63, 3.8) is 0 Å². The van der Waals surface area contributed by atoms with Gasteiger partial charge in [0, 0.05) is 11.9 Å². The molecule has 0 fully saturated rings. The maximum absolute atomic E-state index is 9.69. The molecule has 6 nitrogen and oxygen atoms in total. The molecule has 0 bridgehead atoms. The number of hydrogen-bond acceptors (Lipinski definition) is 5. The summed E-state index contributed by atoms with van der Waals surface area (Å²) in [5, 5.41) is 17.6. The molecule has 0 spiro atoms. The number of oxime groups is 1. The van der Waals surface area contributed by atoms with E-state index in [2.05, 4.69) is 28.2 Å². The molecule has 1 aliphatic rings. The first-order chi connectivity index (χ1) is 13.1. The number of rotatable bonds is 3. The van der Waals surface area contributed by atoms with E-state index in [1.165, 1.54) is 16.7 Å². The lowest BCUT2D eigenvalue weighted by molar-refractivity contribution is 0.316. The highest BCUT2D eigenvalue weighted by molar-refractivity contribution is 6.01. The van der Waals surface area contributed by atoms with E-state index in [9.17, 15) is 5.21 Å². The second-order valence-electron chi connectivity index (χ2n) is 6.91. The van der Waals surface area contributed by atoms with Crippen LogP contribution in [0.1, 0.15) is 40.1 Å². The average molecular weight is 362 g/mol. The van der Waals surface area contributed by atoms with Crippen LogP contribution in [0.5, 0.6) is 11.6 Å². The quantitative estimate of drug-likeness (QED) is 0.328. The van der Waals surface area contributed by atoms with Gasteiger partial charge in [0.05, 0.1) is 11.3 Å². The van der Waals surface area contributed by atoms with Crippen LogP contribution in [-0.2, 0) is 12.8 Å². The van der Waals surface area contributed by atoms with Crippen LogP contribution in [0.3, 0.4) is 0 Å². The minimum absolute atomic E-state index is 0.285. The zero-order valence-electron chi connectivity index (χ0n) is 15.7. The minimum Gasteiger partial charge on any atom is -0.438 e. The Morgan fingerprint density at radius 2 is 1.96 bits per heavy atom. The van der Waals surface area contributed by atoms with E-state index in [4.69, 9.17) is 4.74 Å². The maximum Gasteiger partial charge on any atom is 0.230 e. The summed E-state index contributed by atoms with van der Waals surface area (Å²) in [6.07, 6.45) is 4.90. The van der Waals surface area contributed by atoms with Crippen LogP contribution in [0.4, 0.5) is 0 Å². The zero-order chi connectivity index (χ0) is 19.0. The molecule has 27 heavy (non-hydrogen) atoms. The van der Waals surface area contributed by atoms with Crippen LogP contribution < -0.4 is 4.74 Å². The number of ether oxygens (including phenoxy) is 1. The Kier molecular flexibility index (Phi) is 4.39. The summed E-state index contributed by atoms with van der Waals surface area (Å²) in [6.45, 7) is 5.95. The first kappa shape index (κ1) is 17.3. The summed E-state index contributed by atoms with van der Waals surface area (Å²) in [5.74, 6) is 1.50. The lowest BCUT2D eigenvalue weighted by Gasteiger charge is -2.15. The molecular formula is C21H22N4O2. The number of nitrogens with zero attached hydrogens (tertiary/aromatic N) is 4. The monoisotopic (exact) mass is 362 g/mol. The summed E-state index contributed by atoms with van der Waals surface area (Å²) >= 11 is 0. The molecule has 0 saturated carbocycles. The van der Waals surface area contributed by atoms with Crippen molar-refractivity contribution in [2.24, 2.45) is 5.16 Å². The van der Waals surface area contributed by atoms with E-state index in [-0.39, 0.29) is 5.84 Å². The molecule has 138 valence electrons. The molecule has 0 atom stereocenters. The first-order valence-corrected chi connectivity index (χ1v) is 9.08. The number of pyridine rings is 1. The van der Waals surface area contributed by atoms with Gasteiger partial charge in [-0.05, 0) is 81.0 Å². The van der Waals surface area contributed by atoms with Crippen molar-refractivity contribution >= 4 is 5.84 Å².